The molecule has 5 nitrogen and oxygen atoms in total. The third-order valence-electron chi connectivity index (χ3n) is 5.51. The van der Waals surface area contributed by atoms with Gasteiger partial charge in [0.15, 0.2) is 0 Å². The van der Waals surface area contributed by atoms with Crippen LogP contribution in [-0.2, 0) is 9.59 Å². The topological polar surface area (TPSA) is 54.3 Å². The highest BCUT2D eigenvalue weighted by atomic mass is 16.2. The van der Waals surface area contributed by atoms with E-state index in [1.807, 2.05) is 34.0 Å². The minimum atomic E-state index is -0.0740. The highest BCUT2D eigenvalue weighted by Crippen LogP contribution is 2.38. The molecule has 2 aliphatic heterocycles. The molecule has 126 valence electrons. The van der Waals surface area contributed by atoms with Crippen molar-refractivity contribution in [3.8, 4) is 0 Å². The maximum Gasteiger partial charge on any atom is 0.245 e. The van der Waals surface area contributed by atoms with Crippen LogP contribution in [0.5, 0.6) is 0 Å². The van der Waals surface area contributed by atoms with Crippen molar-refractivity contribution in [3.63, 3.8) is 0 Å². The Hall–Kier alpha value is -1.78. The number of likely N-dealkylation sites (tertiary alicyclic amines) is 1. The highest BCUT2D eigenvalue weighted by Gasteiger charge is 2.39. The summed E-state index contributed by atoms with van der Waals surface area (Å²) in [5.41, 5.74) is 0.221. The average Bonchev–Trinajstić information content (AvgIpc) is 3.10. The number of hydrogen-bond acceptors (Lipinski definition) is 2. The lowest BCUT2D eigenvalue weighted by molar-refractivity contribution is -0.138. The van der Waals surface area contributed by atoms with Crippen molar-refractivity contribution in [3.05, 3.63) is 24.5 Å². The van der Waals surface area contributed by atoms with E-state index < -0.39 is 0 Å². The van der Waals surface area contributed by atoms with E-state index in [9.17, 15) is 9.59 Å². The fourth-order valence-corrected chi connectivity index (χ4v) is 3.91. The predicted molar refractivity (Wildman–Crippen MR) is 88.9 cm³/mol. The van der Waals surface area contributed by atoms with Crippen LogP contribution in [0.25, 0.3) is 0 Å². The van der Waals surface area contributed by atoms with Crippen molar-refractivity contribution in [2.45, 2.75) is 51.5 Å². The van der Waals surface area contributed by atoms with E-state index >= 15 is 0 Å². The molecule has 1 aromatic heterocycles. The van der Waals surface area contributed by atoms with E-state index in [4.69, 9.17) is 0 Å². The first-order valence-corrected chi connectivity index (χ1v) is 8.81. The first-order chi connectivity index (χ1) is 11.1. The van der Waals surface area contributed by atoms with Gasteiger partial charge in [0.2, 0.25) is 11.8 Å². The van der Waals surface area contributed by atoms with Gasteiger partial charge < -0.3 is 14.8 Å². The predicted octanol–water partition coefficient (Wildman–Crippen LogP) is 2.35. The Bertz CT molecular complexity index is 533. The molecule has 1 aromatic rings. The van der Waals surface area contributed by atoms with Crippen LogP contribution in [0.1, 0.15) is 51.5 Å². The van der Waals surface area contributed by atoms with Crippen molar-refractivity contribution in [1.82, 2.24) is 14.8 Å². The molecule has 2 aliphatic rings. The Balaban J connectivity index is 1.62. The Labute approximate surface area is 138 Å². The standard InChI is InChI=1S/C18H27N3O2/c1-2-5-15(20-10-3-4-11-20)17(23)21-12-8-18(9-13-21)7-6-16(22)19-14-18/h3-4,10-11,15H,2,5-9,12-14H2,1H3,(H,19,22)/t15-/m1/s1. The molecule has 1 spiro atoms. The fourth-order valence-electron chi connectivity index (χ4n) is 3.91. The molecular weight excluding hydrogens is 290 g/mol. The van der Waals surface area contributed by atoms with Gasteiger partial charge in [-0.25, -0.2) is 0 Å². The van der Waals surface area contributed by atoms with Crippen LogP contribution in [0.15, 0.2) is 24.5 Å². The summed E-state index contributed by atoms with van der Waals surface area (Å²) in [5, 5.41) is 3.01. The summed E-state index contributed by atoms with van der Waals surface area (Å²) in [5.74, 6) is 0.419. The number of piperidine rings is 2. The first kappa shape index (κ1) is 16.1. The molecule has 2 amide bonds. The van der Waals surface area contributed by atoms with Crippen molar-refractivity contribution in [1.29, 1.82) is 0 Å². The van der Waals surface area contributed by atoms with E-state index in [2.05, 4.69) is 12.2 Å². The molecule has 5 heteroatoms. The molecule has 2 saturated heterocycles. The quantitative estimate of drug-likeness (QED) is 0.927. The summed E-state index contributed by atoms with van der Waals surface area (Å²) in [4.78, 5) is 26.4. The molecule has 2 fully saturated rings. The second-order valence-corrected chi connectivity index (χ2v) is 7.04. The first-order valence-electron chi connectivity index (χ1n) is 8.81. The van der Waals surface area contributed by atoms with Gasteiger partial charge >= 0.3 is 0 Å². The average molecular weight is 317 g/mol. The summed E-state index contributed by atoms with van der Waals surface area (Å²) < 4.78 is 2.04. The number of nitrogens with zero attached hydrogens (tertiary/aromatic N) is 2. The summed E-state index contributed by atoms with van der Waals surface area (Å²) in [6.07, 6.45) is 9.46. The van der Waals surface area contributed by atoms with E-state index in [1.165, 1.54) is 0 Å². The molecule has 3 rings (SSSR count). The number of nitrogens with one attached hydrogen (secondary N) is 1. The molecule has 0 aliphatic carbocycles. The molecule has 0 bridgehead atoms. The maximum atomic E-state index is 12.9. The zero-order chi connectivity index (χ0) is 16.3. The molecule has 0 saturated carbocycles. The molecule has 23 heavy (non-hydrogen) atoms. The third kappa shape index (κ3) is 3.43. The van der Waals surface area contributed by atoms with Crippen LogP contribution >= 0.6 is 0 Å². The van der Waals surface area contributed by atoms with Crippen LogP contribution < -0.4 is 5.32 Å². The van der Waals surface area contributed by atoms with Crippen molar-refractivity contribution in [2.75, 3.05) is 19.6 Å². The molecule has 0 aromatic carbocycles. The summed E-state index contributed by atoms with van der Waals surface area (Å²) >= 11 is 0. The Kier molecular flexibility index (Phi) is 4.74. The summed E-state index contributed by atoms with van der Waals surface area (Å²) in [6, 6.07) is 3.88. The van der Waals surface area contributed by atoms with E-state index in [0.29, 0.717) is 6.42 Å². The molecule has 3 heterocycles. The minimum Gasteiger partial charge on any atom is -0.356 e. The number of carbonyl (C=O) groups is 2. The van der Waals surface area contributed by atoms with E-state index in [-0.39, 0.29) is 23.3 Å². The minimum absolute atomic E-state index is 0.0740. The van der Waals surface area contributed by atoms with Gasteiger partial charge in [0.05, 0.1) is 0 Å². The van der Waals surface area contributed by atoms with Gasteiger partial charge in [-0.3, -0.25) is 9.59 Å². The number of rotatable bonds is 4. The van der Waals surface area contributed by atoms with Crippen LogP contribution in [0.4, 0.5) is 0 Å². The lowest BCUT2D eigenvalue weighted by atomic mass is 9.73. The van der Waals surface area contributed by atoms with Crippen molar-refractivity contribution >= 4 is 11.8 Å². The van der Waals surface area contributed by atoms with Gasteiger partial charge in [0.25, 0.3) is 0 Å². The summed E-state index contributed by atoms with van der Waals surface area (Å²) in [7, 11) is 0. The molecule has 0 radical (unpaired) electrons. The second-order valence-electron chi connectivity index (χ2n) is 7.04. The highest BCUT2D eigenvalue weighted by molar-refractivity contribution is 5.80. The van der Waals surface area contributed by atoms with Crippen LogP contribution in [0.3, 0.4) is 0 Å². The zero-order valence-electron chi connectivity index (χ0n) is 14.0. The van der Waals surface area contributed by atoms with E-state index in [1.54, 1.807) is 0 Å². The van der Waals surface area contributed by atoms with Crippen LogP contribution in [0.2, 0.25) is 0 Å². The smallest absolute Gasteiger partial charge is 0.245 e. The Morgan fingerprint density at radius 3 is 2.52 bits per heavy atom. The van der Waals surface area contributed by atoms with Gasteiger partial charge in [0, 0.05) is 38.4 Å². The SMILES string of the molecule is CCC[C@H](C(=O)N1CCC2(CCC(=O)NC2)CC1)n1cccc1. The number of carbonyl (C=O) groups excluding carboxylic acids is 2. The zero-order valence-corrected chi connectivity index (χ0v) is 14.0. The van der Waals surface area contributed by atoms with Crippen LogP contribution in [0, 0.1) is 5.41 Å². The van der Waals surface area contributed by atoms with Crippen molar-refractivity contribution in [2.24, 2.45) is 5.41 Å². The largest absolute Gasteiger partial charge is 0.356 e. The molecule has 1 atom stereocenters. The lowest BCUT2D eigenvalue weighted by Crippen LogP contribution is -2.51. The van der Waals surface area contributed by atoms with Crippen molar-refractivity contribution < 1.29 is 9.59 Å². The molecular formula is C18H27N3O2. The monoisotopic (exact) mass is 317 g/mol. The number of hydrogen-bond donors (Lipinski definition) is 1. The maximum absolute atomic E-state index is 12.9. The van der Waals surface area contributed by atoms with E-state index in [0.717, 1.165) is 51.7 Å². The Morgan fingerprint density at radius 2 is 1.96 bits per heavy atom. The molecule has 1 N–H and O–H groups in total. The van der Waals surface area contributed by atoms with Gasteiger partial charge in [-0.1, -0.05) is 13.3 Å². The van der Waals surface area contributed by atoms with Gasteiger partial charge in [0.1, 0.15) is 6.04 Å². The molecule has 0 unspecified atom stereocenters. The van der Waals surface area contributed by atoms with Crippen LogP contribution in [-0.4, -0.2) is 40.9 Å². The second kappa shape index (κ2) is 6.77. The Morgan fingerprint density at radius 1 is 1.26 bits per heavy atom. The number of amides is 2. The summed E-state index contributed by atoms with van der Waals surface area (Å²) in [6.45, 7) is 4.54. The third-order valence-corrected chi connectivity index (χ3v) is 5.51. The number of aromatic nitrogens is 1. The lowest BCUT2D eigenvalue weighted by Gasteiger charge is -2.44. The van der Waals surface area contributed by atoms with Gasteiger partial charge in [-0.05, 0) is 43.2 Å². The van der Waals surface area contributed by atoms with Gasteiger partial charge in [-0.2, -0.15) is 0 Å². The fraction of sp³-hybridized carbons (Fsp3) is 0.667. The van der Waals surface area contributed by atoms with Gasteiger partial charge in [-0.15, -0.1) is 0 Å². The normalized spacial score (nSPS) is 22.0.